The molecule has 3 aromatic carbocycles. The van der Waals surface area contributed by atoms with Crippen molar-refractivity contribution in [2.75, 3.05) is 38.7 Å². The van der Waals surface area contributed by atoms with E-state index in [1.807, 2.05) is 55.5 Å². The normalized spacial score (nSPS) is 13.6. The predicted molar refractivity (Wildman–Crippen MR) is 140 cm³/mol. The lowest BCUT2D eigenvalue weighted by Gasteiger charge is -2.26. The molecule has 2 heterocycles. The smallest absolute Gasteiger partial charge is 0.321 e. The molecule has 0 aliphatic carbocycles. The zero-order valence-electron chi connectivity index (χ0n) is 20.4. The molecule has 8 heteroatoms. The van der Waals surface area contributed by atoms with Crippen molar-refractivity contribution in [3.63, 3.8) is 0 Å². The highest BCUT2D eigenvalue weighted by atomic mass is 16.5. The summed E-state index contributed by atoms with van der Waals surface area (Å²) in [6, 6.07) is 21.1. The number of hydrogen-bond acceptors (Lipinski definition) is 5. The molecule has 1 saturated heterocycles. The van der Waals surface area contributed by atoms with Crippen LogP contribution in [0.4, 0.5) is 10.5 Å². The first-order valence-electron chi connectivity index (χ1n) is 11.9. The molecular weight excluding hydrogens is 456 g/mol. The highest BCUT2D eigenvalue weighted by molar-refractivity contribution is 5.92. The summed E-state index contributed by atoms with van der Waals surface area (Å²) in [6.07, 6.45) is 0. The third-order valence-electron chi connectivity index (χ3n) is 6.41. The van der Waals surface area contributed by atoms with Crippen molar-refractivity contribution in [2.45, 2.75) is 13.5 Å². The quantitative estimate of drug-likeness (QED) is 0.457. The van der Waals surface area contributed by atoms with E-state index in [-0.39, 0.29) is 11.6 Å². The van der Waals surface area contributed by atoms with Crippen LogP contribution in [0.2, 0.25) is 0 Å². The largest absolute Gasteiger partial charge is 0.497 e. The highest BCUT2D eigenvalue weighted by Crippen LogP contribution is 2.23. The Bertz CT molecular complexity index is 1440. The van der Waals surface area contributed by atoms with Crippen LogP contribution in [0.25, 0.3) is 22.0 Å². The number of amides is 2. The number of fused-ring (bicyclic) bond motifs is 1. The summed E-state index contributed by atoms with van der Waals surface area (Å²) in [6.45, 7) is 4.39. The maximum absolute atomic E-state index is 13.4. The molecule has 0 spiro atoms. The van der Waals surface area contributed by atoms with Crippen molar-refractivity contribution in [1.82, 2.24) is 14.5 Å². The molecule has 36 heavy (non-hydrogen) atoms. The fourth-order valence-corrected chi connectivity index (χ4v) is 4.33. The van der Waals surface area contributed by atoms with Crippen LogP contribution in [-0.4, -0.2) is 53.9 Å². The van der Waals surface area contributed by atoms with E-state index in [2.05, 4.69) is 10.3 Å². The molecule has 1 aliphatic heterocycles. The van der Waals surface area contributed by atoms with Crippen LogP contribution in [-0.2, 0) is 11.3 Å². The molecule has 184 valence electrons. The number of morpholine rings is 1. The Morgan fingerprint density at radius 1 is 1.00 bits per heavy atom. The Balaban J connectivity index is 1.37. The molecule has 1 aliphatic rings. The van der Waals surface area contributed by atoms with Gasteiger partial charge in [0.15, 0.2) is 0 Å². The summed E-state index contributed by atoms with van der Waals surface area (Å²) in [7, 11) is 1.65. The van der Waals surface area contributed by atoms with Gasteiger partial charge in [0.2, 0.25) is 0 Å². The van der Waals surface area contributed by atoms with Crippen molar-refractivity contribution in [1.29, 1.82) is 0 Å². The fraction of sp³-hybridized carbons (Fsp3) is 0.250. The predicted octanol–water partition coefficient (Wildman–Crippen LogP) is 4.29. The molecule has 0 saturated carbocycles. The monoisotopic (exact) mass is 484 g/mol. The summed E-state index contributed by atoms with van der Waals surface area (Å²) < 4.78 is 12.2. The first-order chi connectivity index (χ1) is 17.5. The van der Waals surface area contributed by atoms with Crippen LogP contribution in [0, 0.1) is 6.92 Å². The molecule has 0 bridgehead atoms. The number of carbonyl (C=O) groups excluding carboxylic acids is 1. The van der Waals surface area contributed by atoms with Crippen molar-refractivity contribution in [3.8, 4) is 16.9 Å². The molecule has 2 amide bonds. The standard InChI is InChI=1S/C28H28N4O4/c1-19-29-26-12-9-23(30-28(34)31-13-15-36-16-14-31)17-25(26)27(33)32(19)18-20-3-5-21(6-4-20)22-7-10-24(35-2)11-8-22/h3-12,17H,13-16,18H2,1-2H3,(H,30,34). The lowest BCUT2D eigenvalue weighted by atomic mass is 10.0. The van der Waals surface area contributed by atoms with E-state index in [0.717, 1.165) is 22.4 Å². The summed E-state index contributed by atoms with van der Waals surface area (Å²) in [5.41, 5.74) is 4.21. The van der Waals surface area contributed by atoms with Gasteiger partial charge in [0.05, 0.1) is 37.8 Å². The molecule has 0 radical (unpaired) electrons. The molecule has 0 unspecified atom stereocenters. The number of rotatable bonds is 5. The van der Waals surface area contributed by atoms with Gasteiger partial charge in [0.1, 0.15) is 11.6 Å². The third-order valence-corrected chi connectivity index (χ3v) is 6.41. The van der Waals surface area contributed by atoms with E-state index in [1.165, 1.54) is 0 Å². The third kappa shape index (κ3) is 4.94. The average molecular weight is 485 g/mol. The minimum absolute atomic E-state index is 0.140. The van der Waals surface area contributed by atoms with Crippen molar-refractivity contribution in [3.05, 3.63) is 88.5 Å². The molecule has 8 nitrogen and oxygen atoms in total. The van der Waals surface area contributed by atoms with E-state index in [1.54, 1.807) is 34.8 Å². The number of methoxy groups -OCH3 is 1. The molecule has 1 aromatic heterocycles. The minimum atomic E-state index is -0.199. The van der Waals surface area contributed by atoms with Gasteiger partial charge in [-0.05, 0) is 53.9 Å². The molecule has 5 rings (SSSR count). The number of nitrogens with zero attached hydrogens (tertiary/aromatic N) is 3. The highest BCUT2D eigenvalue weighted by Gasteiger charge is 2.17. The van der Waals surface area contributed by atoms with E-state index in [9.17, 15) is 9.59 Å². The topological polar surface area (TPSA) is 85.7 Å². The lowest BCUT2D eigenvalue weighted by Crippen LogP contribution is -2.43. The Labute approximate surface area is 209 Å². The second kappa shape index (κ2) is 10.2. The van der Waals surface area contributed by atoms with E-state index >= 15 is 0 Å². The van der Waals surface area contributed by atoms with Crippen LogP contribution < -0.4 is 15.6 Å². The second-order valence-corrected chi connectivity index (χ2v) is 8.74. The van der Waals surface area contributed by atoms with Gasteiger partial charge >= 0.3 is 6.03 Å². The molecule has 1 N–H and O–H groups in total. The van der Waals surface area contributed by atoms with Gasteiger partial charge in [-0.3, -0.25) is 9.36 Å². The summed E-state index contributed by atoms with van der Waals surface area (Å²) in [5.74, 6) is 1.45. The number of aryl methyl sites for hydroxylation is 1. The van der Waals surface area contributed by atoms with Crippen LogP contribution in [0.3, 0.4) is 0 Å². The van der Waals surface area contributed by atoms with Crippen LogP contribution in [0.1, 0.15) is 11.4 Å². The van der Waals surface area contributed by atoms with E-state index in [0.29, 0.717) is 55.3 Å². The lowest BCUT2D eigenvalue weighted by molar-refractivity contribution is 0.0564. The number of ether oxygens (including phenoxy) is 2. The zero-order valence-corrected chi connectivity index (χ0v) is 20.4. The number of benzene rings is 3. The molecule has 4 aromatic rings. The fourth-order valence-electron chi connectivity index (χ4n) is 4.33. The molecule has 0 atom stereocenters. The summed E-state index contributed by atoms with van der Waals surface area (Å²) >= 11 is 0. The van der Waals surface area contributed by atoms with Gasteiger partial charge < -0.3 is 19.7 Å². The summed E-state index contributed by atoms with van der Waals surface area (Å²) in [4.78, 5) is 32.3. The number of carbonyl (C=O) groups is 1. The minimum Gasteiger partial charge on any atom is -0.497 e. The van der Waals surface area contributed by atoms with Gasteiger partial charge in [0, 0.05) is 18.8 Å². The molecular formula is C28H28N4O4. The SMILES string of the molecule is COc1ccc(-c2ccc(Cn3c(C)nc4ccc(NC(=O)N5CCOCC5)cc4c3=O)cc2)cc1. The maximum atomic E-state index is 13.4. The number of hydrogen-bond donors (Lipinski definition) is 1. The van der Waals surface area contributed by atoms with Gasteiger partial charge in [-0.1, -0.05) is 36.4 Å². The average Bonchev–Trinajstić information content (AvgIpc) is 2.92. The number of urea groups is 1. The summed E-state index contributed by atoms with van der Waals surface area (Å²) in [5, 5.41) is 3.36. The Morgan fingerprint density at radius 3 is 2.33 bits per heavy atom. The van der Waals surface area contributed by atoms with Crippen molar-refractivity contribution >= 4 is 22.6 Å². The molecule has 1 fully saturated rings. The Kier molecular flexibility index (Phi) is 6.69. The maximum Gasteiger partial charge on any atom is 0.321 e. The van der Waals surface area contributed by atoms with Gasteiger partial charge in [0.25, 0.3) is 5.56 Å². The van der Waals surface area contributed by atoms with Crippen molar-refractivity contribution in [2.24, 2.45) is 0 Å². The van der Waals surface area contributed by atoms with Crippen LogP contribution in [0.5, 0.6) is 5.75 Å². The number of aromatic nitrogens is 2. The zero-order chi connectivity index (χ0) is 25.1. The number of nitrogens with one attached hydrogen (secondary N) is 1. The first-order valence-corrected chi connectivity index (χ1v) is 11.9. The number of anilines is 1. The first kappa shape index (κ1) is 23.6. The van der Waals surface area contributed by atoms with E-state index in [4.69, 9.17) is 9.47 Å². The van der Waals surface area contributed by atoms with Crippen molar-refractivity contribution < 1.29 is 14.3 Å². The van der Waals surface area contributed by atoms with Gasteiger partial charge in [-0.25, -0.2) is 9.78 Å². The van der Waals surface area contributed by atoms with Crippen LogP contribution >= 0.6 is 0 Å². The Hall–Kier alpha value is -4.17. The van der Waals surface area contributed by atoms with Gasteiger partial charge in [-0.15, -0.1) is 0 Å². The van der Waals surface area contributed by atoms with Crippen LogP contribution in [0.15, 0.2) is 71.5 Å². The second-order valence-electron chi connectivity index (χ2n) is 8.74. The van der Waals surface area contributed by atoms with E-state index < -0.39 is 0 Å². The Morgan fingerprint density at radius 2 is 1.67 bits per heavy atom. The van der Waals surface area contributed by atoms with Gasteiger partial charge in [-0.2, -0.15) is 0 Å².